The minimum atomic E-state index is 0.190. The van der Waals surface area contributed by atoms with E-state index in [0.29, 0.717) is 5.02 Å². The van der Waals surface area contributed by atoms with E-state index < -0.39 is 0 Å². The second kappa shape index (κ2) is 6.99. The summed E-state index contributed by atoms with van der Waals surface area (Å²) in [7, 11) is 0. The van der Waals surface area contributed by atoms with E-state index >= 15 is 0 Å². The van der Waals surface area contributed by atoms with Crippen LogP contribution in [-0.4, -0.2) is 6.54 Å². The van der Waals surface area contributed by atoms with Crippen molar-refractivity contribution in [2.24, 2.45) is 0 Å². The molecule has 0 radical (unpaired) electrons. The van der Waals surface area contributed by atoms with Crippen LogP contribution in [0.5, 0.6) is 0 Å². The maximum Gasteiger partial charge on any atom is 0.0950 e. The molecule has 19 heavy (non-hydrogen) atoms. The fourth-order valence-electron chi connectivity index (χ4n) is 2.02. The Kier molecular flexibility index (Phi) is 5.32. The molecule has 1 N–H and O–H groups in total. The van der Waals surface area contributed by atoms with Crippen LogP contribution in [0.2, 0.25) is 10.0 Å². The van der Waals surface area contributed by atoms with Gasteiger partial charge in [0.1, 0.15) is 0 Å². The molecule has 4 heteroatoms. The van der Waals surface area contributed by atoms with E-state index in [4.69, 9.17) is 27.6 Å². The SMILES string of the molecule is CCCNC(Cc1cc(Cl)ccc1Cl)c1ccoc1. The average Bonchev–Trinajstić information content (AvgIpc) is 2.92. The summed E-state index contributed by atoms with van der Waals surface area (Å²) in [5, 5.41) is 4.96. The Bertz CT molecular complexity index is 511. The summed E-state index contributed by atoms with van der Waals surface area (Å²) in [6.45, 7) is 3.10. The minimum Gasteiger partial charge on any atom is -0.472 e. The van der Waals surface area contributed by atoms with Crippen molar-refractivity contribution in [2.75, 3.05) is 6.54 Å². The first-order valence-corrected chi connectivity index (χ1v) is 7.15. The van der Waals surface area contributed by atoms with Gasteiger partial charge in [0.05, 0.1) is 12.5 Å². The molecule has 1 aromatic heterocycles. The smallest absolute Gasteiger partial charge is 0.0950 e. The molecule has 0 aliphatic heterocycles. The van der Waals surface area contributed by atoms with Crippen molar-refractivity contribution in [3.8, 4) is 0 Å². The van der Waals surface area contributed by atoms with Gasteiger partial charge in [-0.25, -0.2) is 0 Å². The maximum atomic E-state index is 6.23. The third kappa shape index (κ3) is 4.00. The van der Waals surface area contributed by atoms with Crippen molar-refractivity contribution in [3.05, 3.63) is 58.0 Å². The molecular formula is C15H17Cl2NO. The van der Waals surface area contributed by atoms with Crippen molar-refractivity contribution in [1.82, 2.24) is 5.32 Å². The standard InChI is InChI=1S/C15H17Cl2NO/c1-2-6-18-15(11-5-7-19-10-11)9-12-8-13(16)3-4-14(12)17/h3-5,7-8,10,15,18H,2,6,9H2,1H3. The van der Waals surface area contributed by atoms with Crippen LogP contribution in [0.3, 0.4) is 0 Å². The van der Waals surface area contributed by atoms with Crippen LogP contribution >= 0.6 is 23.2 Å². The summed E-state index contributed by atoms with van der Waals surface area (Å²) in [5.74, 6) is 0. The zero-order chi connectivity index (χ0) is 13.7. The molecule has 0 aliphatic rings. The van der Waals surface area contributed by atoms with Crippen LogP contribution in [0.15, 0.2) is 41.2 Å². The van der Waals surface area contributed by atoms with Gasteiger partial charge in [-0.1, -0.05) is 30.1 Å². The van der Waals surface area contributed by atoms with Crippen LogP contribution in [0.25, 0.3) is 0 Å². The molecule has 0 saturated heterocycles. The number of rotatable bonds is 6. The molecule has 102 valence electrons. The largest absolute Gasteiger partial charge is 0.472 e. The maximum absolute atomic E-state index is 6.23. The van der Waals surface area contributed by atoms with Gasteiger partial charge in [-0.05, 0) is 49.2 Å². The van der Waals surface area contributed by atoms with E-state index in [1.807, 2.05) is 18.2 Å². The van der Waals surface area contributed by atoms with Gasteiger partial charge in [0.2, 0.25) is 0 Å². The lowest BCUT2D eigenvalue weighted by Crippen LogP contribution is -2.23. The molecule has 0 saturated carbocycles. The molecule has 1 heterocycles. The van der Waals surface area contributed by atoms with Crippen molar-refractivity contribution in [2.45, 2.75) is 25.8 Å². The normalized spacial score (nSPS) is 12.6. The summed E-state index contributed by atoms with van der Waals surface area (Å²) >= 11 is 12.3. The summed E-state index contributed by atoms with van der Waals surface area (Å²) in [6.07, 6.45) is 5.33. The number of nitrogens with one attached hydrogen (secondary N) is 1. The van der Waals surface area contributed by atoms with Gasteiger partial charge in [-0.15, -0.1) is 0 Å². The van der Waals surface area contributed by atoms with Crippen LogP contribution < -0.4 is 5.32 Å². The van der Waals surface area contributed by atoms with Crippen molar-refractivity contribution in [3.63, 3.8) is 0 Å². The Morgan fingerprint density at radius 2 is 2.11 bits per heavy atom. The van der Waals surface area contributed by atoms with Gasteiger partial charge in [-0.2, -0.15) is 0 Å². The van der Waals surface area contributed by atoms with Crippen LogP contribution in [0.4, 0.5) is 0 Å². The Morgan fingerprint density at radius 1 is 1.26 bits per heavy atom. The number of furan rings is 1. The van der Waals surface area contributed by atoms with Gasteiger partial charge in [0.25, 0.3) is 0 Å². The second-order valence-corrected chi connectivity index (χ2v) is 5.35. The van der Waals surface area contributed by atoms with Gasteiger partial charge >= 0.3 is 0 Å². The molecule has 2 aromatic rings. The Balaban J connectivity index is 2.17. The second-order valence-electron chi connectivity index (χ2n) is 4.50. The summed E-state index contributed by atoms with van der Waals surface area (Å²) < 4.78 is 5.17. The Morgan fingerprint density at radius 3 is 2.79 bits per heavy atom. The zero-order valence-corrected chi connectivity index (χ0v) is 12.3. The van der Waals surface area contributed by atoms with E-state index in [2.05, 4.69) is 12.2 Å². The predicted molar refractivity (Wildman–Crippen MR) is 79.9 cm³/mol. The van der Waals surface area contributed by atoms with Gasteiger partial charge in [0, 0.05) is 21.7 Å². The molecule has 0 bridgehead atoms. The Labute approximate surface area is 123 Å². The molecular weight excluding hydrogens is 281 g/mol. The average molecular weight is 298 g/mol. The highest BCUT2D eigenvalue weighted by molar-refractivity contribution is 6.33. The molecule has 0 amide bonds. The van der Waals surface area contributed by atoms with Gasteiger partial charge < -0.3 is 9.73 Å². The van der Waals surface area contributed by atoms with Gasteiger partial charge in [0.15, 0.2) is 0 Å². The molecule has 0 fully saturated rings. The lowest BCUT2D eigenvalue weighted by Gasteiger charge is -2.18. The monoisotopic (exact) mass is 297 g/mol. The third-order valence-corrected chi connectivity index (χ3v) is 3.62. The predicted octanol–water partition coefficient (Wildman–Crippen LogP) is 4.87. The van der Waals surface area contributed by atoms with Crippen LogP contribution in [0.1, 0.15) is 30.5 Å². The topological polar surface area (TPSA) is 25.2 Å². The lowest BCUT2D eigenvalue weighted by atomic mass is 10.0. The highest BCUT2D eigenvalue weighted by Crippen LogP contribution is 2.26. The molecule has 2 nitrogen and oxygen atoms in total. The fourth-order valence-corrected chi connectivity index (χ4v) is 2.41. The first kappa shape index (κ1) is 14.4. The highest BCUT2D eigenvalue weighted by Gasteiger charge is 2.14. The molecule has 2 rings (SSSR count). The first-order chi connectivity index (χ1) is 9.20. The lowest BCUT2D eigenvalue weighted by molar-refractivity contribution is 0.512. The highest BCUT2D eigenvalue weighted by atomic mass is 35.5. The summed E-state index contributed by atoms with van der Waals surface area (Å²) in [6, 6.07) is 7.73. The number of halogens is 2. The quantitative estimate of drug-likeness (QED) is 0.823. The van der Waals surface area contributed by atoms with E-state index in [9.17, 15) is 0 Å². The zero-order valence-electron chi connectivity index (χ0n) is 10.8. The number of hydrogen-bond donors (Lipinski definition) is 1. The fraction of sp³-hybridized carbons (Fsp3) is 0.333. The van der Waals surface area contributed by atoms with E-state index in [-0.39, 0.29) is 6.04 Å². The van der Waals surface area contributed by atoms with Gasteiger partial charge in [-0.3, -0.25) is 0 Å². The molecule has 1 aromatic carbocycles. The first-order valence-electron chi connectivity index (χ1n) is 6.40. The third-order valence-electron chi connectivity index (χ3n) is 3.02. The summed E-state index contributed by atoms with van der Waals surface area (Å²) in [5.41, 5.74) is 2.17. The summed E-state index contributed by atoms with van der Waals surface area (Å²) in [4.78, 5) is 0. The van der Waals surface area contributed by atoms with Crippen molar-refractivity contribution in [1.29, 1.82) is 0 Å². The van der Waals surface area contributed by atoms with Crippen LogP contribution in [-0.2, 0) is 6.42 Å². The van der Waals surface area contributed by atoms with E-state index in [0.717, 1.165) is 35.5 Å². The molecule has 0 aliphatic carbocycles. The molecule has 0 spiro atoms. The van der Waals surface area contributed by atoms with E-state index in [1.165, 1.54) is 0 Å². The van der Waals surface area contributed by atoms with E-state index in [1.54, 1.807) is 18.6 Å². The number of hydrogen-bond acceptors (Lipinski definition) is 2. The molecule has 1 unspecified atom stereocenters. The molecule has 1 atom stereocenters. The van der Waals surface area contributed by atoms with Crippen LogP contribution in [0, 0.1) is 0 Å². The van der Waals surface area contributed by atoms with Crippen molar-refractivity contribution < 1.29 is 4.42 Å². The Hall–Kier alpha value is -0.960. The minimum absolute atomic E-state index is 0.190. The van der Waals surface area contributed by atoms with Crippen molar-refractivity contribution >= 4 is 23.2 Å². The number of benzene rings is 1.